The van der Waals surface area contributed by atoms with Crippen molar-refractivity contribution in [1.29, 1.82) is 0 Å². The number of benzene rings is 1. The first-order valence-corrected chi connectivity index (χ1v) is 14.2. The normalized spacial score (nSPS) is 21.4. The van der Waals surface area contributed by atoms with Gasteiger partial charge in [0, 0.05) is 50.4 Å². The van der Waals surface area contributed by atoms with Crippen LogP contribution in [-0.4, -0.2) is 62.0 Å². The highest BCUT2D eigenvalue weighted by Gasteiger charge is 2.43. The quantitative estimate of drug-likeness (QED) is 0.299. The standard InChI is InChI=1S/C28H45ClFN3O3/c1-3-36-17-7-6-15-28(35,24-13-8-14-25(29)26(24)30)22-12-9-16-33(20-22)27(34)32-23(19-31-2)18-21-10-4-5-11-21/h8,13-14,21-23,31,35H,3-7,9-12,15-20H2,1-2H3,(H,32,34)/t22-,23?,28+/m1/s1. The van der Waals surface area contributed by atoms with E-state index in [0.29, 0.717) is 45.1 Å². The molecular weight excluding hydrogens is 481 g/mol. The Morgan fingerprint density at radius 1 is 1.28 bits per heavy atom. The van der Waals surface area contributed by atoms with Crippen LogP contribution in [-0.2, 0) is 10.3 Å². The zero-order valence-electron chi connectivity index (χ0n) is 22.0. The Kier molecular flexibility index (Phi) is 11.7. The van der Waals surface area contributed by atoms with Gasteiger partial charge >= 0.3 is 6.03 Å². The molecule has 8 heteroatoms. The van der Waals surface area contributed by atoms with E-state index in [1.165, 1.54) is 31.7 Å². The number of likely N-dealkylation sites (N-methyl/N-ethyl adjacent to an activating group) is 1. The average molecular weight is 526 g/mol. The lowest BCUT2D eigenvalue weighted by atomic mass is 9.74. The Hall–Kier alpha value is -1.41. The molecule has 2 fully saturated rings. The largest absolute Gasteiger partial charge is 0.385 e. The third-order valence-corrected chi connectivity index (χ3v) is 8.27. The van der Waals surface area contributed by atoms with Crippen molar-refractivity contribution in [1.82, 2.24) is 15.5 Å². The second-order valence-electron chi connectivity index (χ2n) is 10.6. The van der Waals surface area contributed by atoms with Crippen LogP contribution in [0, 0.1) is 17.7 Å². The minimum Gasteiger partial charge on any atom is -0.385 e. The highest BCUT2D eigenvalue weighted by molar-refractivity contribution is 6.30. The number of carbonyl (C=O) groups excluding carboxylic acids is 1. The van der Waals surface area contributed by atoms with Crippen LogP contribution >= 0.6 is 11.6 Å². The molecule has 3 atom stereocenters. The maximum Gasteiger partial charge on any atom is 0.317 e. The fourth-order valence-electron chi connectivity index (χ4n) is 6.05. The van der Waals surface area contributed by atoms with Gasteiger partial charge in [0.25, 0.3) is 0 Å². The van der Waals surface area contributed by atoms with Crippen LogP contribution in [0.15, 0.2) is 18.2 Å². The Morgan fingerprint density at radius 3 is 2.78 bits per heavy atom. The maximum atomic E-state index is 15.2. The summed E-state index contributed by atoms with van der Waals surface area (Å²) in [6.45, 7) is 4.96. The summed E-state index contributed by atoms with van der Waals surface area (Å²) in [5.74, 6) is -0.182. The summed E-state index contributed by atoms with van der Waals surface area (Å²) in [4.78, 5) is 15.1. The van der Waals surface area contributed by atoms with E-state index in [0.717, 1.165) is 32.2 Å². The Morgan fingerprint density at radius 2 is 2.06 bits per heavy atom. The minimum absolute atomic E-state index is 0.00692. The number of carbonyl (C=O) groups is 1. The number of unbranched alkanes of at least 4 members (excludes halogenated alkanes) is 1. The van der Waals surface area contributed by atoms with Crippen molar-refractivity contribution in [3.05, 3.63) is 34.6 Å². The monoisotopic (exact) mass is 525 g/mol. The topological polar surface area (TPSA) is 73.8 Å². The van der Waals surface area contributed by atoms with Crippen LogP contribution in [0.2, 0.25) is 5.02 Å². The van der Waals surface area contributed by atoms with E-state index in [9.17, 15) is 9.90 Å². The molecular formula is C28H45ClFN3O3. The highest BCUT2D eigenvalue weighted by Crippen LogP contribution is 2.42. The van der Waals surface area contributed by atoms with Crippen molar-refractivity contribution in [3.63, 3.8) is 0 Å². The van der Waals surface area contributed by atoms with Crippen molar-refractivity contribution >= 4 is 17.6 Å². The first-order valence-electron chi connectivity index (χ1n) is 13.8. The van der Waals surface area contributed by atoms with E-state index >= 15 is 4.39 Å². The van der Waals surface area contributed by atoms with E-state index in [-0.39, 0.29) is 28.6 Å². The minimum atomic E-state index is -1.41. The van der Waals surface area contributed by atoms with Gasteiger partial charge in [-0.15, -0.1) is 0 Å². The molecule has 3 N–H and O–H groups in total. The van der Waals surface area contributed by atoms with E-state index in [1.54, 1.807) is 17.0 Å². The Labute approximate surface area is 221 Å². The number of amides is 2. The molecule has 3 rings (SSSR count). The molecule has 0 aromatic heterocycles. The van der Waals surface area contributed by atoms with Crippen LogP contribution < -0.4 is 10.6 Å². The van der Waals surface area contributed by atoms with Crippen molar-refractivity contribution in [3.8, 4) is 0 Å². The highest BCUT2D eigenvalue weighted by atomic mass is 35.5. The summed E-state index contributed by atoms with van der Waals surface area (Å²) in [5, 5.41) is 18.5. The molecule has 1 saturated carbocycles. The van der Waals surface area contributed by atoms with Gasteiger partial charge in [-0.2, -0.15) is 0 Å². The summed E-state index contributed by atoms with van der Waals surface area (Å²) in [6.07, 6.45) is 9.37. The van der Waals surface area contributed by atoms with Gasteiger partial charge in [-0.05, 0) is 64.5 Å². The van der Waals surface area contributed by atoms with E-state index in [4.69, 9.17) is 16.3 Å². The molecule has 1 aliphatic carbocycles. The molecule has 2 aliphatic rings. The number of hydrogen-bond donors (Lipinski definition) is 3. The van der Waals surface area contributed by atoms with Gasteiger partial charge in [0.1, 0.15) is 5.82 Å². The van der Waals surface area contributed by atoms with E-state index in [1.807, 2.05) is 14.0 Å². The van der Waals surface area contributed by atoms with E-state index < -0.39 is 11.4 Å². The van der Waals surface area contributed by atoms with Gasteiger partial charge in [-0.25, -0.2) is 9.18 Å². The second kappa shape index (κ2) is 14.5. The number of piperidine rings is 1. The number of halogens is 2. The van der Waals surface area contributed by atoms with E-state index in [2.05, 4.69) is 10.6 Å². The number of aliphatic hydroxyl groups is 1. The van der Waals surface area contributed by atoms with Crippen LogP contribution in [0.25, 0.3) is 0 Å². The van der Waals surface area contributed by atoms with Gasteiger partial charge < -0.3 is 25.4 Å². The molecule has 1 heterocycles. The molecule has 0 spiro atoms. The first-order chi connectivity index (χ1) is 17.4. The van der Waals surface area contributed by atoms with Gasteiger partial charge in [-0.1, -0.05) is 49.4 Å². The summed E-state index contributed by atoms with van der Waals surface area (Å²) in [7, 11) is 1.91. The first kappa shape index (κ1) is 29.2. The number of nitrogens with one attached hydrogen (secondary N) is 2. The van der Waals surface area contributed by atoms with Gasteiger partial charge in [0.2, 0.25) is 0 Å². The predicted molar refractivity (Wildman–Crippen MR) is 143 cm³/mol. The lowest BCUT2D eigenvalue weighted by molar-refractivity contribution is -0.0589. The number of likely N-dealkylation sites (tertiary alicyclic amines) is 1. The summed E-state index contributed by atoms with van der Waals surface area (Å²) in [5.41, 5.74) is -1.18. The molecule has 1 aliphatic heterocycles. The summed E-state index contributed by atoms with van der Waals surface area (Å²) < 4.78 is 20.6. The molecule has 1 saturated heterocycles. The molecule has 1 unspecified atom stereocenters. The molecule has 36 heavy (non-hydrogen) atoms. The fourth-order valence-corrected chi connectivity index (χ4v) is 6.22. The van der Waals surface area contributed by atoms with Crippen LogP contribution in [0.4, 0.5) is 9.18 Å². The van der Waals surface area contributed by atoms with Gasteiger partial charge in [-0.3, -0.25) is 0 Å². The van der Waals surface area contributed by atoms with Gasteiger partial charge in [0.15, 0.2) is 0 Å². The number of ether oxygens (including phenoxy) is 1. The predicted octanol–water partition coefficient (Wildman–Crippen LogP) is 5.46. The lowest BCUT2D eigenvalue weighted by Crippen LogP contribution is -2.54. The molecule has 0 bridgehead atoms. The molecule has 6 nitrogen and oxygen atoms in total. The molecule has 1 aromatic rings. The number of nitrogens with zero attached hydrogens (tertiary/aromatic N) is 1. The van der Waals surface area contributed by atoms with Crippen LogP contribution in [0.1, 0.15) is 76.7 Å². The zero-order chi connectivity index (χ0) is 26.0. The third kappa shape index (κ3) is 7.80. The fraction of sp³-hybridized carbons (Fsp3) is 0.750. The molecule has 204 valence electrons. The molecule has 1 aromatic carbocycles. The third-order valence-electron chi connectivity index (χ3n) is 7.97. The average Bonchev–Trinajstić information content (AvgIpc) is 3.38. The van der Waals surface area contributed by atoms with Crippen molar-refractivity contribution in [2.24, 2.45) is 11.8 Å². The molecule has 0 radical (unpaired) electrons. The van der Waals surface area contributed by atoms with Crippen molar-refractivity contribution in [2.45, 2.75) is 82.8 Å². The van der Waals surface area contributed by atoms with Crippen LogP contribution in [0.3, 0.4) is 0 Å². The zero-order valence-corrected chi connectivity index (χ0v) is 22.8. The number of rotatable bonds is 13. The number of hydrogen-bond acceptors (Lipinski definition) is 4. The van der Waals surface area contributed by atoms with Crippen LogP contribution in [0.5, 0.6) is 0 Å². The number of urea groups is 1. The maximum absolute atomic E-state index is 15.2. The van der Waals surface area contributed by atoms with Crippen molar-refractivity contribution in [2.75, 3.05) is 39.9 Å². The molecule has 2 amide bonds. The smallest absolute Gasteiger partial charge is 0.317 e. The van der Waals surface area contributed by atoms with Gasteiger partial charge in [0.05, 0.1) is 10.6 Å². The lowest BCUT2D eigenvalue weighted by Gasteiger charge is -2.43. The Bertz CT molecular complexity index is 823. The second-order valence-corrected chi connectivity index (χ2v) is 11.0. The van der Waals surface area contributed by atoms with Crippen molar-refractivity contribution < 1.29 is 19.0 Å². The Balaban J connectivity index is 1.72. The SMILES string of the molecule is CCOCCCC[C@@](O)(c1cccc(Cl)c1F)[C@@H]1CCCN(C(=O)NC(CNC)CC2CCCC2)C1. The summed E-state index contributed by atoms with van der Waals surface area (Å²) in [6, 6.07) is 4.80. The summed E-state index contributed by atoms with van der Waals surface area (Å²) >= 11 is 6.11.